The Hall–Kier alpha value is -1.65. The molecule has 1 aromatic heterocycles. The van der Waals surface area contributed by atoms with Gasteiger partial charge in [-0.15, -0.1) is 0 Å². The van der Waals surface area contributed by atoms with Crippen LogP contribution in [0.2, 0.25) is 10.0 Å². The number of amides is 1. The lowest BCUT2D eigenvalue weighted by Gasteiger charge is -2.12. The van der Waals surface area contributed by atoms with Crippen LogP contribution in [0.3, 0.4) is 0 Å². The van der Waals surface area contributed by atoms with E-state index in [0.717, 1.165) is 0 Å². The van der Waals surface area contributed by atoms with Gasteiger partial charge in [-0.05, 0) is 37.3 Å². The summed E-state index contributed by atoms with van der Waals surface area (Å²) < 4.78 is 10.5. The van der Waals surface area contributed by atoms with E-state index in [1.807, 2.05) is 6.92 Å². The van der Waals surface area contributed by atoms with Gasteiger partial charge in [0.15, 0.2) is 6.61 Å². The van der Waals surface area contributed by atoms with Crippen LogP contribution in [0.1, 0.15) is 18.7 Å². The molecule has 0 aliphatic heterocycles. The molecule has 1 N–H and O–H groups in total. The zero-order valence-corrected chi connectivity index (χ0v) is 12.2. The Balaban J connectivity index is 1.86. The molecule has 0 fully saturated rings. The summed E-state index contributed by atoms with van der Waals surface area (Å²) in [6.45, 7) is 1.69. The van der Waals surface area contributed by atoms with Gasteiger partial charge in [-0.25, -0.2) is 0 Å². The number of halogens is 2. The molecule has 0 aliphatic rings. The molecule has 4 nitrogen and oxygen atoms in total. The molecule has 1 aromatic carbocycles. The number of rotatable bonds is 5. The fraction of sp³-hybridized carbons (Fsp3) is 0.214. The Morgan fingerprint density at radius 3 is 2.85 bits per heavy atom. The van der Waals surface area contributed by atoms with Crippen molar-refractivity contribution >= 4 is 29.1 Å². The van der Waals surface area contributed by atoms with Gasteiger partial charge in [0, 0.05) is 5.02 Å². The van der Waals surface area contributed by atoms with Crippen LogP contribution in [-0.4, -0.2) is 12.5 Å². The molecule has 0 bridgehead atoms. The summed E-state index contributed by atoms with van der Waals surface area (Å²) in [5, 5.41) is 3.63. The average molecular weight is 314 g/mol. The predicted octanol–water partition coefficient (Wildman–Crippen LogP) is 3.84. The van der Waals surface area contributed by atoms with Crippen molar-refractivity contribution in [2.24, 2.45) is 0 Å². The van der Waals surface area contributed by atoms with E-state index in [9.17, 15) is 4.79 Å². The van der Waals surface area contributed by atoms with E-state index in [0.29, 0.717) is 21.6 Å². The van der Waals surface area contributed by atoms with E-state index in [1.165, 1.54) is 0 Å². The van der Waals surface area contributed by atoms with E-state index < -0.39 is 0 Å². The molecule has 1 amide bonds. The minimum absolute atomic E-state index is 0.133. The standard InChI is InChI=1S/C14H13Cl2NO3/c1-9(12-3-2-6-19-12)17-14(18)8-20-13-5-4-10(15)7-11(13)16/h2-7,9H,8H2,1H3,(H,17,18)/t9-/m0/s1. The maximum absolute atomic E-state index is 11.8. The molecule has 0 aliphatic carbocycles. The van der Waals surface area contributed by atoms with Gasteiger partial charge in [-0.3, -0.25) is 4.79 Å². The van der Waals surface area contributed by atoms with Gasteiger partial charge in [0.05, 0.1) is 17.3 Å². The molecule has 1 atom stereocenters. The number of furan rings is 1. The molecule has 6 heteroatoms. The first-order valence-electron chi connectivity index (χ1n) is 5.97. The first-order valence-corrected chi connectivity index (χ1v) is 6.72. The van der Waals surface area contributed by atoms with Crippen LogP contribution in [0, 0.1) is 0 Å². The summed E-state index contributed by atoms with van der Waals surface area (Å²) >= 11 is 11.7. The van der Waals surface area contributed by atoms with Crippen LogP contribution in [-0.2, 0) is 4.79 Å². The lowest BCUT2D eigenvalue weighted by atomic mass is 10.2. The van der Waals surface area contributed by atoms with Crippen molar-refractivity contribution in [1.29, 1.82) is 0 Å². The molecule has 2 aromatic rings. The minimum atomic E-state index is -0.264. The van der Waals surface area contributed by atoms with Crippen molar-refractivity contribution in [2.75, 3.05) is 6.61 Å². The minimum Gasteiger partial charge on any atom is -0.482 e. The van der Waals surface area contributed by atoms with E-state index in [2.05, 4.69) is 5.32 Å². The molecule has 106 valence electrons. The summed E-state index contributed by atoms with van der Waals surface area (Å²) in [6, 6.07) is 8.16. The van der Waals surface area contributed by atoms with Gasteiger partial charge in [0.1, 0.15) is 11.5 Å². The smallest absolute Gasteiger partial charge is 0.258 e. The first-order chi connectivity index (χ1) is 9.56. The van der Waals surface area contributed by atoms with Gasteiger partial charge in [-0.2, -0.15) is 0 Å². The first kappa shape index (κ1) is 14.8. The zero-order valence-electron chi connectivity index (χ0n) is 10.7. The molecular weight excluding hydrogens is 301 g/mol. The normalized spacial score (nSPS) is 11.9. The van der Waals surface area contributed by atoms with Crippen LogP contribution in [0.5, 0.6) is 5.75 Å². The van der Waals surface area contributed by atoms with Crippen LogP contribution >= 0.6 is 23.2 Å². The predicted molar refractivity (Wildman–Crippen MR) is 77.2 cm³/mol. The Kier molecular flexibility index (Phi) is 4.93. The number of carbonyl (C=O) groups is 1. The molecule has 0 radical (unpaired) electrons. The Labute approximate surface area is 126 Å². The molecule has 0 saturated carbocycles. The van der Waals surface area contributed by atoms with Gasteiger partial charge in [0.25, 0.3) is 5.91 Å². The highest BCUT2D eigenvalue weighted by Crippen LogP contribution is 2.27. The lowest BCUT2D eigenvalue weighted by molar-refractivity contribution is -0.123. The highest BCUT2D eigenvalue weighted by Gasteiger charge is 2.12. The van der Waals surface area contributed by atoms with Crippen LogP contribution in [0.15, 0.2) is 41.0 Å². The topological polar surface area (TPSA) is 51.5 Å². The van der Waals surface area contributed by atoms with E-state index in [-0.39, 0.29) is 18.6 Å². The van der Waals surface area contributed by atoms with Crippen molar-refractivity contribution in [1.82, 2.24) is 5.32 Å². The highest BCUT2D eigenvalue weighted by atomic mass is 35.5. The molecular formula is C14H13Cl2NO3. The Bertz CT molecular complexity index is 584. The molecule has 2 rings (SSSR count). The SMILES string of the molecule is C[C@H](NC(=O)COc1ccc(Cl)cc1Cl)c1ccco1. The third kappa shape index (κ3) is 3.92. The fourth-order valence-corrected chi connectivity index (χ4v) is 2.09. The van der Waals surface area contributed by atoms with E-state index >= 15 is 0 Å². The summed E-state index contributed by atoms with van der Waals surface area (Å²) in [6.07, 6.45) is 1.56. The van der Waals surface area contributed by atoms with E-state index in [1.54, 1.807) is 36.6 Å². The Morgan fingerprint density at radius 2 is 2.20 bits per heavy atom. The van der Waals surface area contributed by atoms with Gasteiger partial charge in [-0.1, -0.05) is 23.2 Å². The monoisotopic (exact) mass is 313 g/mol. The highest BCUT2D eigenvalue weighted by molar-refractivity contribution is 6.35. The Morgan fingerprint density at radius 1 is 1.40 bits per heavy atom. The molecule has 20 heavy (non-hydrogen) atoms. The number of carbonyl (C=O) groups excluding carboxylic acids is 1. The zero-order chi connectivity index (χ0) is 14.5. The van der Waals surface area contributed by atoms with Gasteiger partial charge < -0.3 is 14.5 Å². The molecule has 0 unspecified atom stereocenters. The summed E-state index contributed by atoms with van der Waals surface area (Å²) in [4.78, 5) is 11.8. The van der Waals surface area contributed by atoms with Crippen molar-refractivity contribution in [3.05, 3.63) is 52.4 Å². The van der Waals surface area contributed by atoms with Gasteiger partial charge in [0.2, 0.25) is 0 Å². The third-order valence-electron chi connectivity index (χ3n) is 2.60. The van der Waals surface area contributed by atoms with Crippen molar-refractivity contribution in [2.45, 2.75) is 13.0 Å². The quantitative estimate of drug-likeness (QED) is 0.912. The number of hydrogen-bond acceptors (Lipinski definition) is 3. The van der Waals surface area contributed by atoms with Crippen molar-refractivity contribution in [3.63, 3.8) is 0 Å². The summed E-state index contributed by atoms with van der Waals surface area (Å²) in [7, 11) is 0. The second kappa shape index (κ2) is 6.68. The molecule has 0 saturated heterocycles. The molecule has 0 spiro atoms. The maximum Gasteiger partial charge on any atom is 0.258 e. The molecule has 1 heterocycles. The lowest BCUT2D eigenvalue weighted by Crippen LogP contribution is -2.31. The number of nitrogens with one attached hydrogen (secondary N) is 1. The van der Waals surface area contributed by atoms with Crippen LogP contribution in [0.4, 0.5) is 0 Å². The number of ether oxygens (including phenoxy) is 1. The van der Waals surface area contributed by atoms with Gasteiger partial charge >= 0.3 is 0 Å². The number of hydrogen-bond donors (Lipinski definition) is 1. The van der Waals surface area contributed by atoms with E-state index in [4.69, 9.17) is 32.4 Å². The second-order valence-electron chi connectivity index (χ2n) is 4.17. The third-order valence-corrected chi connectivity index (χ3v) is 3.13. The number of benzene rings is 1. The fourth-order valence-electron chi connectivity index (χ4n) is 1.63. The summed E-state index contributed by atoms with van der Waals surface area (Å²) in [5.74, 6) is 0.833. The summed E-state index contributed by atoms with van der Waals surface area (Å²) in [5.41, 5.74) is 0. The maximum atomic E-state index is 11.8. The van der Waals surface area contributed by atoms with Crippen molar-refractivity contribution < 1.29 is 13.9 Å². The van der Waals surface area contributed by atoms with Crippen LogP contribution < -0.4 is 10.1 Å². The van der Waals surface area contributed by atoms with Crippen LogP contribution in [0.25, 0.3) is 0 Å². The second-order valence-corrected chi connectivity index (χ2v) is 5.01. The average Bonchev–Trinajstić information content (AvgIpc) is 2.91. The van der Waals surface area contributed by atoms with Crippen molar-refractivity contribution in [3.8, 4) is 5.75 Å². The largest absolute Gasteiger partial charge is 0.482 e.